The molecule has 0 unspecified atom stereocenters. The van der Waals surface area contributed by atoms with Crippen LogP contribution in [0.4, 0.5) is 13.6 Å². The highest BCUT2D eigenvalue weighted by atomic mass is 32.2. The average Bonchev–Trinajstić information content (AvgIpc) is 2.52. The van der Waals surface area contributed by atoms with Gasteiger partial charge in [0.15, 0.2) is 11.4 Å². The lowest BCUT2D eigenvalue weighted by Gasteiger charge is -2.31. The lowest BCUT2D eigenvalue weighted by molar-refractivity contribution is -0.895. The van der Waals surface area contributed by atoms with Crippen LogP contribution in [0, 0.1) is 11.6 Å². The van der Waals surface area contributed by atoms with Crippen LogP contribution in [0.3, 0.4) is 0 Å². The van der Waals surface area contributed by atoms with E-state index in [0.717, 1.165) is 27.4 Å². The Morgan fingerprint density at radius 2 is 1.68 bits per heavy atom. The molecule has 1 fully saturated rings. The fourth-order valence-electron chi connectivity index (χ4n) is 2.85. The summed E-state index contributed by atoms with van der Waals surface area (Å²) in [5, 5.41) is 4.83. The van der Waals surface area contributed by atoms with Gasteiger partial charge in [-0.1, -0.05) is 6.07 Å². The highest BCUT2D eigenvalue weighted by Gasteiger charge is 2.35. The Balaban J connectivity index is 1.92. The number of hydrogen-bond donors (Lipinski definition) is 3. The van der Waals surface area contributed by atoms with Crippen molar-refractivity contribution < 1.29 is 31.7 Å². The number of carbonyl (C=O) groups is 2. The first-order chi connectivity index (χ1) is 12.9. The van der Waals surface area contributed by atoms with Crippen molar-refractivity contribution in [3.8, 4) is 0 Å². The van der Waals surface area contributed by atoms with Crippen molar-refractivity contribution in [1.82, 2.24) is 14.9 Å². The molecule has 1 aromatic carbocycles. The summed E-state index contributed by atoms with van der Waals surface area (Å²) >= 11 is 0. The summed E-state index contributed by atoms with van der Waals surface area (Å²) in [6.45, 7) is 5.87. The molecule has 156 valence electrons. The molecule has 0 bridgehead atoms. The summed E-state index contributed by atoms with van der Waals surface area (Å²) in [6.07, 6.45) is 0. The molecule has 1 heterocycles. The predicted molar refractivity (Wildman–Crippen MR) is 97.1 cm³/mol. The van der Waals surface area contributed by atoms with Crippen molar-refractivity contribution in [3.63, 3.8) is 0 Å². The average molecular weight is 419 g/mol. The normalized spacial score (nSPS) is 16.6. The van der Waals surface area contributed by atoms with Gasteiger partial charge in [0.05, 0.1) is 26.2 Å². The Morgan fingerprint density at radius 1 is 1.14 bits per heavy atom. The second kappa shape index (κ2) is 8.50. The molecule has 0 aromatic heterocycles. The number of rotatable bonds is 4. The number of halogens is 2. The molecule has 2 rings (SSSR count). The van der Waals surface area contributed by atoms with Crippen LogP contribution in [0.5, 0.6) is 0 Å². The molecule has 1 saturated heterocycles. The van der Waals surface area contributed by atoms with Crippen LogP contribution in [0.1, 0.15) is 20.8 Å². The van der Waals surface area contributed by atoms with Crippen LogP contribution >= 0.6 is 0 Å². The molecular formula is C17H25F2N4O4S+. The van der Waals surface area contributed by atoms with E-state index in [0.29, 0.717) is 0 Å². The van der Waals surface area contributed by atoms with E-state index in [4.69, 9.17) is 0 Å². The fraction of sp³-hybridized carbons (Fsp3) is 0.529. The molecule has 8 nitrogen and oxygen atoms in total. The van der Waals surface area contributed by atoms with E-state index in [1.54, 1.807) is 20.8 Å². The van der Waals surface area contributed by atoms with Crippen LogP contribution < -0.4 is 15.5 Å². The van der Waals surface area contributed by atoms with Gasteiger partial charge >= 0.3 is 6.03 Å². The van der Waals surface area contributed by atoms with Crippen molar-refractivity contribution in [2.24, 2.45) is 0 Å². The van der Waals surface area contributed by atoms with Gasteiger partial charge in [-0.05, 0) is 32.9 Å². The number of piperazine rings is 1. The number of urea groups is 1. The molecule has 11 heteroatoms. The Labute approximate surface area is 162 Å². The lowest BCUT2D eigenvalue weighted by Crippen LogP contribution is -3.15. The van der Waals surface area contributed by atoms with Crippen molar-refractivity contribution in [3.05, 3.63) is 29.8 Å². The molecule has 3 N–H and O–H groups in total. The van der Waals surface area contributed by atoms with Gasteiger partial charge in [0.2, 0.25) is 10.0 Å². The zero-order valence-electron chi connectivity index (χ0n) is 16.0. The number of carbonyl (C=O) groups excluding carboxylic acids is 2. The molecule has 0 saturated carbocycles. The summed E-state index contributed by atoms with van der Waals surface area (Å²) in [5.41, 5.74) is -0.487. The largest absolute Gasteiger partial charge is 0.333 e. The highest BCUT2D eigenvalue weighted by Crippen LogP contribution is 2.22. The maximum atomic E-state index is 13.8. The second-order valence-electron chi connectivity index (χ2n) is 7.63. The molecule has 0 aliphatic carbocycles. The van der Waals surface area contributed by atoms with Crippen LogP contribution in [-0.2, 0) is 14.8 Å². The third kappa shape index (κ3) is 5.69. The van der Waals surface area contributed by atoms with E-state index >= 15 is 0 Å². The zero-order chi connectivity index (χ0) is 21.1. The summed E-state index contributed by atoms with van der Waals surface area (Å²) in [6, 6.07) is 2.28. The van der Waals surface area contributed by atoms with Crippen LogP contribution in [0.2, 0.25) is 0 Å². The molecule has 28 heavy (non-hydrogen) atoms. The first-order valence-corrected chi connectivity index (χ1v) is 10.2. The molecule has 1 aliphatic heterocycles. The molecule has 0 atom stereocenters. The van der Waals surface area contributed by atoms with Gasteiger partial charge in [0, 0.05) is 5.54 Å². The number of sulfonamides is 1. The van der Waals surface area contributed by atoms with Gasteiger partial charge in [-0.15, -0.1) is 0 Å². The van der Waals surface area contributed by atoms with Gasteiger partial charge in [-0.3, -0.25) is 10.1 Å². The first-order valence-electron chi connectivity index (χ1n) is 8.80. The summed E-state index contributed by atoms with van der Waals surface area (Å²) in [7, 11) is -4.31. The van der Waals surface area contributed by atoms with Gasteiger partial charge < -0.3 is 10.2 Å². The van der Waals surface area contributed by atoms with Gasteiger partial charge in [-0.25, -0.2) is 22.0 Å². The number of amides is 3. The predicted octanol–water partition coefficient (Wildman–Crippen LogP) is -0.522. The molecule has 0 spiro atoms. The number of imide groups is 1. The second-order valence-corrected chi connectivity index (χ2v) is 9.51. The fourth-order valence-corrected chi connectivity index (χ4v) is 4.40. The standard InChI is InChI=1S/C17H24F2N4O4S/c1-17(2,3)21-16(25)20-14(24)11-22-7-9-23(10-8-22)28(26,27)15-12(18)5-4-6-13(15)19/h4-6H,7-11H2,1-3H3,(H2,20,21,24,25)/p+1. The minimum Gasteiger partial charge on any atom is -0.333 e. The molecular weight excluding hydrogens is 394 g/mol. The minimum atomic E-state index is -4.31. The Hall–Kier alpha value is -2.11. The van der Waals surface area contributed by atoms with Crippen molar-refractivity contribution >= 4 is 22.0 Å². The number of nitrogens with one attached hydrogen (secondary N) is 3. The number of nitrogens with zero attached hydrogens (tertiary/aromatic N) is 1. The third-order valence-electron chi connectivity index (χ3n) is 4.10. The van der Waals surface area contributed by atoms with Crippen molar-refractivity contribution in [2.75, 3.05) is 32.7 Å². The number of quaternary nitrogens is 1. The SMILES string of the molecule is CC(C)(C)NC(=O)NC(=O)C[NH+]1CCN(S(=O)(=O)c2c(F)cccc2F)CC1. The smallest absolute Gasteiger partial charge is 0.322 e. The van der Waals surface area contributed by atoms with E-state index < -0.39 is 44.0 Å². The summed E-state index contributed by atoms with van der Waals surface area (Å²) < 4.78 is 53.8. The maximum Gasteiger partial charge on any atom is 0.322 e. The topological polar surface area (TPSA) is 100 Å². The van der Waals surface area contributed by atoms with E-state index in [2.05, 4.69) is 10.6 Å². The highest BCUT2D eigenvalue weighted by molar-refractivity contribution is 7.89. The van der Waals surface area contributed by atoms with E-state index in [1.165, 1.54) is 0 Å². The van der Waals surface area contributed by atoms with Gasteiger partial charge in [0.1, 0.15) is 11.6 Å². The van der Waals surface area contributed by atoms with Crippen molar-refractivity contribution in [2.45, 2.75) is 31.2 Å². The van der Waals surface area contributed by atoms with Gasteiger partial charge in [-0.2, -0.15) is 4.31 Å². The maximum absolute atomic E-state index is 13.8. The quantitative estimate of drug-likeness (QED) is 0.611. The zero-order valence-corrected chi connectivity index (χ0v) is 16.8. The van der Waals surface area contributed by atoms with Crippen molar-refractivity contribution in [1.29, 1.82) is 0 Å². The van der Waals surface area contributed by atoms with Crippen LogP contribution in [-0.4, -0.2) is 62.9 Å². The van der Waals surface area contributed by atoms with E-state index in [9.17, 15) is 26.8 Å². The molecule has 1 aromatic rings. The monoisotopic (exact) mass is 419 g/mol. The first kappa shape index (κ1) is 22.2. The Kier molecular flexibility index (Phi) is 6.73. The lowest BCUT2D eigenvalue weighted by atomic mass is 10.1. The Bertz CT molecular complexity index is 827. The summed E-state index contributed by atoms with van der Waals surface area (Å²) in [4.78, 5) is 23.5. The molecule has 3 amide bonds. The summed E-state index contributed by atoms with van der Waals surface area (Å²) in [5.74, 6) is -2.77. The molecule has 1 aliphatic rings. The number of hydrogen-bond acceptors (Lipinski definition) is 4. The minimum absolute atomic E-state index is 0.00685. The van der Waals surface area contributed by atoms with Gasteiger partial charge in [0.25, 0.3) is 5.91 Å². The van der Waals surface area contributed by atoms with E-state index in [-0.39, 0.29) is 32.7 Å². The number of benzene rings is 1. The van der Waals surface area contributed by atoms with Crippen LogP contribution in [0.25, 0.3) is 0 Å². The Morgan fingerprint density at radius 3 is 2.18 bits per heavy atom. The molecule has 0 radical (unpaired) electrons. The van der Waals surface area contributed by atoms with E-state index in [1.807, 2.05) is 0 Å². The third-order valence-corrected chi connectivity index (χ3v) is 6.05. The van der Waals surface area contributed by atoms with Crippen LogP contribution in [0.15, 0.2) is 23.1 Å².